The van der Waals surface area contributed by atoms with Crippen molar-refractivity contribution in [2.45, 2.75) is 25.4 Å². The highest BCUT2D eigenvalue weighted by Gasteiger charge is 2.31. The lowest BCUT2D eigenvalue weighted by Gasteiger charge is -2.22. The molecule has 3 aromatic rings. The number of pyridine rings is 1. The van der Waals surface area contributed by atoms with Crippen molar-refractivity contribution in [3.8, 4) is 22.9 Å². The van der Waals surface area contributed by atoms with E-state index >= 15 is 0 Å². The number of hydrogen-bond donors (Lipinski definition) is 2. The Morgan fingerprint density at radius 3 is 3.00 bits per heavy atom. The van der Waals surface area contributed by atoms with Crippen LogP contribution in [0, 0.1) is 0 Å². The van der Waals surface area contributed by atoms with E-state index in [0.717, 1.165) is 30.5 Å². The minimum Gasteiger partial charge on any atom is -0.507 e. The van der Waals surface area contributed by atoms with E-state index in [2.05, 4.69) is 25.3 Å². The lowest BCUT2D eigenvalue weighted by Crippen LogP contribution is -2.23. The highest BCUT2D eigenvalue weighted by Crippen LogP contribution is 2.35. The zero-order valence-corrected chi connectivity index (χ0v) is 17.7. The maximum Gasteiger partial charge on any atom is 0.244 e. The van der Waals surface area contributed by atoms with E-state index in [1.165, 1.54) is 0 Å². The molecule has 0 bridgehead atoms. The van der Waals surface area contributed by atoms with Crippen LogP contribution in [0.3, 0.4) is 0 Å². The number of methoxy groups -OCH3 is 2. The molecule has 0 aliphatic carbocycles. The van der Waals surface area contributed by atoms with Gasteiger partial charge in [0.1, 0.15) is 17.3 Å². The lowest BCUT2D eigenvalue weighted by atomic mass is 10.1. The largest absolute Gasteiger partial charge is 0.507 e. The number of phenolic OH excluding ortho intramolecular Hbond substituents is 1. The summed E-state index contributed by atoms with van der Waals surface area (Å²) >= 11 is 0. The highest BCUT2D eigenvalue weighted by atomic mass is 16.5. The lowest BCUT2D eigenvalue weighted by molar-refractivity contribution is 0.199. The molecule has 1 aliphatic rings. The van der Waals surface area contributed by atoms with Crippen molar-refractivity contribution in [1.29, 1.82) is 0 Å². The summed E-state index contributed by atoms with van der Waals surface area (Å²) in [7, 11) is 3.24. The molecule has 1 fully saturated rings. The normalized spacial score (nSPS) is 16.5. The number of hydrogen-bond acceptors (Lipinski definition) is 9. The molecule has 1 saturated heterocycles. The van der Waals surface area contributed by atoms with E-state index in [0.29, 0.717) is 43.0 Å². The molecule has 4 rings (SSSR count). The van der Waals surface area contributed by atoms with Gasteiger partial charge in [-0.1, -0.05) is 11.2 Å². The first-order valence-electron chi connectivity index (χ1n) is 10.3. The molecule has 3 heterocycles. The maximum absolute atomic E-state index is 10.3. The van der Waals surface area contributed by atoms with Gasteiger partial charge in [0.25, 0.3) is 0 Å². The number of likely N-dealkylation sites (tertiary alicyclic amines) is 1. The van der Waals surface area contributed by atoms with Gasteiger partial charge in [-0.2, -0.15) is 4.98 Å². The van der Waals surface area contributed by atoms with Gasteiger partial charge in [-0.15, -0.1) is 0 Å². The zero-order chi connectivity index (χ0) is 21.6. The number of nitrogens with one attached hydrogen (secondary N) is 1. The van der Waals surface area contributed by atoms with Crippen LogP contribution in [0.1, 0.15) is 30.3 Å². The molecule has 0 saturated carbocycles. The Labute approximate surface area is 181 Å². The van der Waals surface area contributed by atoms with Crippen molar-refractivity contribution in [3.63, 3.8) is 0 Å². The Bertz CT molecular complexity index is 1010. The topological polar surface area (TPSA) is 106 Å². The van der Waals surface area contributed by atoms with Crippen LogP contribution in [-0.2, 0) is 11.3 Å². The van der Waals surface area contributed by atoms with Crippen molar-refractivity contribution < 1.29 is 19.1 Å². The van der Waals surface area contributed by atoms with E-state index in [9.17, 15) is 5.11 Å². The summed E-state index contributed by atoms with van der Waals surface area (Å²) in [5, 5.41) is 17.8. The van der Waals surface area contributed by atoms with E-state index in [1.54, 1.807) is 26.5 Å². The highest BCUT2D eigenvalue weighted by molar-refractivity contribution is 5.69. The van der Waals surface area contributed by atoms with Crippen molar-refractivity contribution >= 4 is 5.82 Å². The average Bonchev–Trinajstić information content (AvgIpc) is 3.45. The quantitative estimate of drug-likeness (QED) is 0.500. The first-order chi connectivity index (χ1) is 15.2. The van der Waals surface area contributed by atoms with Crippen LogP contribution in [-0.4, -0.2) is 59.0 Å². The van der Waals surface area contributed by atoms with Gasteiger partial charge in [-0.05, 0) is 37.6 Å². The minimum atomic E-state index is 0.00400. The van der Waals surface area contributed by atoms with Gasteiger partial charge in [0, 0.05) is 38.0 Å². The van der Waals surface area contributed by atoms with Crippen molar-refractivity contribution in [2.24, 2.45) is 0 Å². The summed E-state index contributed by atoms with van der Waals surface area (Å²) < 4.78 is 15.9. The summed E-state index contributed by atoms with van der Waals surface area (Å²) in [6, 6.07) is 9.14. The van der Waals surface area contributed by atoms with E-state index in [-0.39, 0.29) is 11.8 Å². The standard InChI is InChI=1S/C22H27N5O4/c1-29-12-10-24-20-17(5-3-9-23-20)21-25-22(31-26-21)18-6-4-11-27(18)14-15-7-8-16(30-2)13-19(15)28/h3,5,7-9,13,18,28H,4,6,10-12,14H2,1-2H3,(H,23,24)/t18-/m1/s1. The van der Waals surface area contributed by atoms with Crippen LogP contribution in [0.5, 0.6) is 11.5 Å². The third-order valence-electron chi connectivity index (χ3n) is 5.40. The summed E-state index contributed by atoms with van der Waals surface area (Å²) in [5.74, 6) is 2.62. The molecule has 1 atom stereocenters. The second kappa shape index (κ2) is 9.76. The Morgan fingerprint density at radius 1 is 1.29 bits per heavy atom. The first-order valence-corrected chi connectivity index (χ1v) is 10.3. The summed E-state index contributed by atoms with van der Waals surface area (Å²) in [5.41, 5.74) is 1.62. The number of benzene rings is 1. The first kappa shape index (κ1) is 21.1. The van der Waals surface area contributed by atoms with Crippen LogP contribution in [0.25, 0.3) is 11.4 Å². The molecule has 9 nitrogen and oxygen atoms in total. The monoisotopic (exact) mass is 425 g/mol. The van der Waals surface area contributed by atoms with Crippen LogP contribution < -0.4 is 10.1 Å². The Balaban J connectivity index is 1.51. The molecule has 0 radical (unpaired) electrons. The van der Waals surface area contributed by atoms with Crippen molar-refractivity contribution in [3.05, 3.63) is 48.0 Å². The van der Waals surface area contributed by atoms with Crippen LogP contribution >= 0.6 is 0 Å². The maximum atomic E-state index is 10.3. The van der Waals surface area contributed by atoms with Gasteiger partial charge in [-0.25, -0.2) is 4.98 Å². The number of rotatable bonds is 9. The molecule has 1 aromatic carbocycles. The Kier molecular flexibility index (Phi) is 6.63. The smallest absolute Gasteiger partial charge is 0.244 e. The minimum absolute atomic E-state index is 0.00400. The third-order valence-corrected chi connectivity index (χ3v) is 5.40. The fraction of sp³-hybridized carbons (Fsp3) is 0.409. The summed E-state index contributed by atoms with van der Waals surface area (Å²) in [4.78, 5) is 11.3. The number of anilines is 1. The molecule has 1 aliphatic heterocycles. The average molecular weight is 425 g/mol. The second-order valence-electron chi connectivity index (χ2n) is 7.40. The second-order valence-corrected chi connectivity index (χ2v) is 7.40. The molecule has 31 heavy (non-hydrogen) atoms. The third kappa shape index (κ3) is 4.78. The molecule has 164 valence electrons. The molecule has 0 amide bonds. The van der Waals surface area contributed by atoms with Gasteiger partial charge in [0.05, 0.1) is 25.3 Å². The zero-order valence-electron chi connectivity index (χ0n) is 17.7. The molecule has 2 N–H and O–H groups in total. The number of phenols is 1. The predicted molar refractivity (Wildman–Crippen MR) is 115 cm³/mol. The number of aromatic nitrogens is 3. The molecule has 2 aromatic heterocycles. The summed E-state index contributed by atoms with van der Waals surface area (Å²) in [6.45, 7) is 2.69. The van der Waals surface area contributed by atoms with Crippen LogP contribution in [0.15, 0.2) is 41.1 Å². The Morgan fingerprint density at radius 2 is 2.19 bits per heavy atom. The Hall–Kier alpha value is -3.17. The van der Waals surface area contributed by atoms with Gasteiger partial charge < -0.3 is 24.4 Å². The van der Waals surface area contributed by atoms with Gasteiger partial charge in [0.15, 0.2) is 0 Å². The fourth-order valence-corrected chi connectivity index (χ4v) is 3.80. The SMILES string of the molecule is COCCNc1ncccc1-c1noc([C@H]2CCCN2Cc2ccc(OC)cc2O)n1. The van der Waals surface area contributed by atoms with Crippen LogP contribution in [0.2, 0.25) is 0 Å². The van der Waals surface area contributed by atoms with Crippen LogP contribution in [0.4, 0.5) is 5.82 Å². The number of nitrogens with zero attached hydrogens (tertiary/aromatic N) is 4. The molecule has 9 heteroatoms. The van der Waals surface area contributed by atoms with Gasteiger partial charge >= 0.3 is 0 Å². The molecular formula is C22H27N5O4. The fourth-order valence-electron chi connectivity index (χ4n) is 3.80. The number of aromatic hydroxyl groups is 1. The van der Waals surface area contributed by atoms with E-state index in [4.69, 9.17) is 14.0 Å². The van der Waals surface area contributed by atoms with E-state index < -0.39 is 0 Å². The number of ether oxygens (including phenoxy) is 2. The van der Waals surface area contributed by atoms with Crippen molar-refractivity contribution in [1.82, 2.24) is 20.0 Å². The summed E-state index contributed by atoms with van der Waals surface area (Å²) in [6.07, 6.45) is 3.67. The molecular weight excluding hydrogens is 398 g/mol. The predicted octanol–water partition coefficient (Wildman–Crippen LogP) is 3.24. The van der Waals surface area contributed by atoms with Gasteiger partial charge in [-0.3, -0.25) is 4.90 Å². The van der Waals surface area contributed by atoms with E-state index in [1.807, 2.05) is 24.3 Å². The molecule has 0 spiro atoms. The van der Waals surface area contributed by atoms with Crippen molar-refractivity contribution in [2.75, 3.05) is 39.2 Å². The van der Waals surface area contributed by atoms with Gasteiger partial charge in [0.2, 0.25) is 11.7 Å². The molecule has 0 unspecified atom stereocenters.